The van der Waals surface area contributed by atoms with Crippen molar-refractivity contribution in [2.24, 2.45) is 0 Å². The lowest BCUT2D eigenvalue weighted by Crippen LogP contribution is -2.03. The van der Waals surface area contributed by atoms with Gasteiger partial charge in [-0.1, -0.05) is 0 Å². The lowest BCUT2D eigenvalue weighted by Gasteiger charge is -2.03. The van der Waals surface area contributed by atoms with Crippen molar-refractivity contribution < 1.29 is 9.47 Å². The predicted molar refractivity (Wildman–Crippen MR) is 58.2 cm³/mol. The predicted octanol–water partition coefficient (Wildman–Crippen LogP) is 3.06. The Labute approximate surface area is 91.0 Å². The molecule has 0 amide bonds. The molecule has 2 nitrogen and oxygen atoms in total. The third kappa shape index (κ3) is 4.22. The Hall–Kier alpha value is 0.100. The van der Waals surface area contributed by atoms with Crippen molar-refractivity contribution in [2.75, 3.05) is 19.8 Å². The number of hydrogen-bond donors (Lipinski definition) is 0. The van der Waals surface area contributed by atoms with Crippen LogP contribution in [-0.4, -0.2) is 19.8 Å². The largest absolute Gasteiger partial charge is 0.379 e. The van der Waals surface area contributed by atoms with Crippen LogP contribution in [0.4, 0.5) is 0 Å². The molecule has 0 saturated heterocycles. The number of hydrogen-bond acceptors (Lipinski definition) is 3. The molecule has 0 aliphatic rings. The fourth-order valence-corrected chi connectivity index (χ4v) is 2.07. The Balaban J connectivity index is 2.10. The van der Waals surface area contributed by atoms with E-state index in [4.69, 9.17) is 9.47 Å². The second-order valence-corrected chi connectivity index (χ2v) is 4.70. The zero-order chi connectivity index (χ0) is 9.52. The maximum Gasteiger partial charge on any atom is 0.0753 e. The van der Waals surface area contributed by atoms with E-state index >= 15 is 0 Å². The smallest absolute Gasteiger partial charge is 0.0753 e. The van der Waals surface area contributed by atoms with Crippen molar-refractivity contribution in [1.82, 2.24) is 0 Å². The summed E-state index contributed by atoms with van der Waals surface area (Å²) in [6.45, 7) is 4.74. The van der Waals surface area contributed by atoms with Gasteiger partial charge in [0, 0.05) is 12.2 Å². The summed E-state index contributed by atoms with van der Waals surface area (Å²) < 4.78 is 11.7. The van der Waals surface area contributed by atoms with E-state index in [9.17, 15) is 0 Å². The first kappa shape index (κ1) is 11.2. The fraction of sp³-hybridized carbons (Fsp3) is 0.556. The fourth-order valence-electron chi connectivity index (χ4n) is 0.866. The summed E-state index contributed by atoms with van der Waals surface area (Å²) in [6, 6.07) is 2.06. The summed E-state index contributed by atoms with van der Waals surface area (Å²) in [4.78, 5) is 0. The molecule has 0 aliphatic carbocycles. The van der Waals surface area contributed by atoms with Crippen molar-refractivity contribution in [1.29, 1.82) is 0 Å². The average Bonchev–Trinajstić information content (AvgIpc) is 2.52. The molecular formula is C9H13BrO2S. The average molecular weight is 265 g/mol. The molecule has 1 aromatic heterocycles. The standard InChI is InChI=1S/C9H13BrO2S/c1-2-11-4-5-12-7-8-3-6-13-9(8)10/h3,6H,2,4-5,7H2,1H3. The summed E-state index contributed by atoms with van der Waals surface area (Å²) >= 11 is 5.13. The van der Waals surface area contributed by atoms with Gasteiger partial charge >= 0.3 is 0 Å². The molecule has 0 aliphatic heterocycles. The highest BCUT2D eigenvalue weighted by Crippen LogP contribution is 2.23. The van der Waals surface area contributed by atoms with Crippen LogP contribution in [0.2, 0.25) is 0 Å². The third-order valence-corrected chi connectivity index (χ3v) is 3.34. The van der Waals surface area contributed by atoms with Crippen LogP contribution in [0.1, 0.15) is 12.5 Å². The molecule has 1 heterocycles. The highest BCUT2D eigenvalue weighted by Gasteiger charge is 1.99. The molecule has 0 atom stereocenters. The second-order valence-electron chi connectivity index (χ2n) is 2.47. The van der Waals surface area contributed by atoms with E-state index in [-0.39, 0.29) is 0 Å². The van der Waals surface area contributed by atoms with Gasteiger partial charge in [-0.2, -0.15) is 0 Å². The van der Waals surface area contributed by atoms with Crippen molar-refractivity contribution >= 4 is 27.3 Å². The summed E-state index contributed by atoms with van der Waals surface area (Å²) in [5.74, 6) is 0. The Bertz CT molecular complexity index is 237. The SMILES string of the molecule is CCOCCOCc1ccsc1Br. The summed E-state index contributed by atoms with van der Waals surface area (Å²) in [7, 11) is 0. The second kappa shape index (κ2) is 6.54. The van der Waals surface area contributed by atoms with Gasteiger partial charge < -0.3 is 9.47 Å². The Morgan fingerprint density at radius 3 is 2.77 bits per heavy atom. The van der Waals surface area contributed by atoms with Gasteiger partial charge in [-0.15, -0.1) is 11.3 Å². The van der Waals surface area contributed by atoms with Gasteiger partial charge in [0.1, 0.15) is 0 Å². The minimum Gasteiger partial charge on any atom is -0.379 e. The molecule has 0 aromatic carbocycles. The molecule has 0 radical (unpaired) electrons. The van der Waals surface area contributed by atoms with E-state index in [1.54, 1.807) is 11.3 Å². The number of thiophene rings is 1. The molecule has 0 bridgehead atoms. The molecule has 13 heavy (non-hydrogen) atoms. The van der Waals surface area contributed by atoms with Gasteiger partial charge in [-0.3, -0.25) is 0 Å². The van der Waals surface area contributed by atoms with E-state index in [0.29, 0.717) is 19.8 Å². The topological polar surface area (TPSA) is 18.5 Å². The van der Waals surface area contributed by atoms with Crippen molar-refractivity contribution in [3.63, 3.8) is 0 Å². The van der Waals surface area contributed by atoms with E-state index in [2.05, 4.69) is 22.0 Å². The Morgan fingerprint density at radius 2 is 2.15 bits per heavy atom. The highest BCUT2D eigenvalue weighted by atomic mass is 79.9. The molecule has 74 valence electrons. The molecule has 0 fully saturated rings. The molecule has 1 aromatic rings. The van der Waals surface area contributed by atoms with Crippen LogP contribution in [0.25, 0.3) is 0 Å². The van der Waals surface area contributed by atoms with Crippen LogP contribution in [0.15, 0.2) is 15.2 Å². The lowest BCUT2D eigenvalue weighted by molar-refractivity contribution is 0.0452. The number of rotatable bonds is 6. The maximum absolute atomic E-state index is 5.41. The number of halogens is 1. The highest BCUT2D eigenvalue weighted by molar-refractivity contribution is 9.11. The Morgan fingerprint density at radius 1 is 1.38 bits per heavy atom. The van der Waals surface area contributed by atoms with Crippen LogP contribution in [0.3, 0.4) is 0 Å². The van der Waals surface area contributed by atoms with Gasteiger partial charge in [0.15, 0.2) is 0 Å². The summed E-state index contributed by atoms with van der Waals surface area (Å²) in [5.41, 5.74) is 1.21. The van der Waals surface area contributed by atoms with E-state index in [0.717, 1.165) is 10.4 Å². The molecule has 0 saturated carbocycles. The summed E-state index contributed by atoms with van der Waals surface area (Å²) in [5, 5.41) is 2.05. The van der Waals surface area contributed by atoms with Crippen molar-refractivity contribution in [3.05, 3.63) is 20.8 Å². The molecule has 0 unspecified atom stereocenters. The minimum absolute atomic E-state index is 0.663. The van der Waals surface area contributed by atoms with Gasteiger partial charge in [0.05, 0.1) is 23.6 Å². The molecular weight excluding hydrogens is 252 g/mol. The van der Waals surface area contributed by atoms with Gasteiger partial charge in [-0.25, -0.2) is 0 Å². The van der Waals surface area contributed by atoms with Crippen LogP contribution in [-0.2, 0) is 16.1 Å². The monoisotopic (exact) mass is 264 g/mol. The summed E-state index contributed by atoms with van der Waals surface area (Å²) in [6.07, 6.45) is 0. The molecule has 0 N–H and O–H groups in total. The zero-order valence-electron chi connectivity index (χ0n) is 7.59. The Kier molecular flexibility index (Phi) is 5.62. The van der Waals surface area contributed by atoms with Crippen LogP contribution < -0.4 is 0 Å². The van der Waals surface area contributed by atoms with Crippen LogP contribution in [0.5, 0.6) is 0 Å². The van der Waals surface area contributed by atoms with E-state index < -0.39 is 0 Å². The zero-order valence-corrected chi connectivity index (χ0v) is 9.99. The number of ether oxygens (including phenoxy) is 2. The molecule has 4 heteroatoms. The van der Waals surface area contributed by atoms with E-state index in [1.165, 1.54) is 5.56 Å². The molecule has 0 spiro atoms. The lowest BCUT2D eigenvalue weighted by atomic mass is 10.4. The quantitative estimate of drug-likeness (QED) is 0.736. The maximum atomic E-state index is 5.41. The van der Waals surface area contributed by atoms with Gasteiger partial charge in [0.2, 0.25) is 0 Å². The van der Waals surface area contributed by atoms with Gasteiger partial charge in [-0.05, 0) is 34.3 Å². The first-order valence-electron chi connectivity index (χ1n) is 4.22. The van der Waals surface area contributed by atoms with Crippen LogP contribution >= 0.6 is 27.3 Å². The minimum atomic E-state index is 0.663. The van der Waals surface area contributed by atoms with E-state index in [1.807, 2.05) is 12.3 Å². The first-order valence-corrected chi connectivity index (χ1v) is 5.89. The first-order chi connectivity index (χ1) is 6.34. The van der Waals surface area contributed by atoms with Crippen molar-refractivity contribution in [2.45, 2.75) is 13.5 Å². The van der Waals surface area contributed by atoms with Gasteiger partial charge in [0.25, 0.3) is 0 Å². The molecule has 1 rings (SSSR count). The normalized spacial score (nSPS) is 10.6. The van der Waals surface area contributed by atoms with Crippen molar-refractivity contribution in [3.8, 4) is 0 Å². The third-order valence-electron chi connectivity index (χ3n) is 1.53. The van der Waals surface area contributed by atoms with Crippen LogP contribution in [0, 0.1) is 0 Å².